The van der Waals surface area contributed by atoms with Crippen LogP contribution in [-0.4, -0.2) is 18.6 Å². The van der Waals surface area contributed by atoms with E-state index in [2.05, 4.69) is 94.6 Å². The molecule has 0 spiro atoms. The van der Waals surface area contributed by atoms with Gasteiger partial charge in [-0.15, -0.1) is 0 Å². The minimum Gasteiger partial charge on any atom is -0.361 e. The van der Waals surface area contributed by atoms with Crippen LogP contribution in [-0.2, 0) is 0 Å². The third-order valence-corrected chi connectivity index (χ3v) is 4.53. The van der Waals surface area contributed by atoms with E-state index in [1.54, 1.807) is 0 Å². The molecule has 2 aromatic carbocycles. The van der Waals surface area contributed by atoms with Crippen molar-refractivity contribution in [2.45, 2.75) is 25.4 Å². The predicted octanol–water partition coefficient (Wildman–Crippen LogP) is 4.38. The fraction of sp³-hybridized carbons (Fsp3) is 0.333. The third-order valence-electron chi connectivity index (χ3n) is 4.04. The highest BCUT2D eigenvalue weighted by molar-refractivity contribution is 9.10. The molecule has 1 N–H and O–H groups in total. The van der Waals surface area contributed by atoms with E-state index in [-0.39, 0.29) is 5.54 Å². The van der Waals surface area contributed by atoms with Gasteiger partial charge in [-0.25, -0.2) is 0 Å². The zero-order valence-electron chi connectivity index (χ0n) is 12.5. The first-order valence-electron chi connectivity index (χ1n) is 7.37. The lowest BCUT2D eigenvalue weighted by Gasteiger charge is -2.46. The molecule has 0 amide bonds. The van der Waals surface area contributed by atoms with Gasteiger partial charge in [-0.3, -0.25) is 0 Å². The summed E-state index contributed by atoms with van der Waals surface area (Å²) in [4.78, 5) is 2.51. The van der Waals surface area contributed by atoms with Gasteiger partial charge in [0, 0.05) is 28.8 Å². The van der Waals surface area contributed by atoms with E-state index in [0.717, 1.165) is 17.6 Å². The highest BCUT2D eigenvalue weighted by Crippen LogP contribution is 2.33. The maximum atomic E-state index is 3.67. The highest BCUT2D eigenvalue weighted by Gasteiger charge is 2.33. The van der Waals surface area contributed by atoms with Crippen molar-refractivity contribution < 1.29 is 0 Å². The molecule has 0 radical (unpaired) electrons. The number of hydrogen-bond acceptors (Lipinski definition) is 2. The molecule has 1 saturated heterocycles. The van der Waals surface area contributed by atoms with Gasteiger partial charge in [0.25, 0.3) is 0 Å². The van der Waals surface area contributed by atoms with Crippen molar-refractivity contribution in [3.05, 3.63) is 64.6 Å². The van der Waals surface area contributed by atoms with Gasteiger partial charge in [0.2, 0.25) is 0 Å². The molecule has 1 fully saturated rings. The Morgan fingerprint density at radius 3 is 2.57 bits per heavy atom. The molecular weight excluding hydrogens is 324 g/mol. The van der Waals surface area contributed by atoms with Crippen molar-refractivity contribution in [1.82, 2.24) is 5.32 Å². The summed E-state index contributed by atoms with van der Waals surface area (Å²) >= 11 is 3.59. The zero-order chi connectivity index (χ0) is 14.9. The van der Waals surface area contributed by atoms with Crippen LogP contribution in [0.25, 0.3) is 0 Å². The molecular formula is C18H21BrN2. The molecule has 0 aromatic heterocycles. The smallest absolute Gasteiger partial charge is 0.0668 e. The van der Waals surface area contributed by atoms with Gasteiger partial charge in [0.1, 0.15) is 0 Å². The topological polar surface area (TPSA) is 15.3 Å². The summed E-state index contributed by atoms with van der Waals surface area (Å²) in [7, 11) is 0. The number of hydrogen-bond donors (Lipinski definition) is 1. The number of nitrogens with zero attached hydrogens (tertiary/aromatic N) is 1. The summed E-state index contributed by atoms with van der Waals surface area (Å²) < 4.78 is 1.13. The van der Waals surface area contributed by atoms with E-state index in [9.17, 15) is 0 Å². The first kappa shape index (κ1) is 14.6. The zero-order valence-corrected chi connectivity index (χ0v) is 14.1. The Labute approximate surface area is 135 Å². The Bertz CT molecular complexity index is 610. The first-order valence-corrected chi connectivity index (χ1v) is 8.17. The number of halogens is 1. The van der Waals surface area contributed by atoms with Gasteiger partial charge in [0.05, 0.1) is 6.04 Å². The van der Waals surface area contributed by atoms with E-state index in [0.29, 0.717) is 6.04 Å². The van der Waals surface area contributed by atoms with Crippen molar-refractivity contribution in [1.29, 1.82) is 0 Å². The minimum absolute atomic E-state index is 0.119. The molecule has 1 atom stereocenters. The van der Waals surface area contributed by atoms with Crippen LogP contribution < -0.4 is 10.2 Å². The van der Waals surface area contributed by atoms with Gasteiger partial charge >= 0.3 is 0 Å². The van der Waals surface area contributed by atoms with Crippen molar-refractivity contribution in [3.8, 4) is 0 Å². The quantitative estimate of drug-likeness (QED) is 0.869. The Morgan fingerprint density at radius 1 is 1.10 bits per heavy atom. The molecule has 0 saturated carbocycles. The molecule has 2 aromatic rings. The number of nitrogens with one attached hydrogen (secondary N) is 1. The lowest BCUT2D eigenvalue weighted by molar-refractivity contribution is 0.312. The standard InChI is InChI=1S/C18H21BrN2/c1-18(2)13-21(16-10-6-9-15(19)11-16)17(12-20-18)14-7-4-3-5-8-14/h3-11,17,20H,12-13H2,1-2H3. The second kappa shape index (κ2) is 5.82. The molecule has 3 heteroatoms. The SMILES string of the molecule is CC1(C)CN(c2cccc(Br)c2)C(c2ccccc2)CN1. The van der Waals surface area contributed by atoms with Crippen molar-refractivity contribution in [3.63, 3.8) is 0 Å². The van der Waals surface area contributed by atoms with E-state index in [4.69, 9.17) is 0 Å². The molecule has 0 aliphatic carbocycles. The molecule has 1 aliphatic heterocycles. The number of piperazine rings is 1. The average molecular weight is 345 g/mol. The molecule has 1 unspecified atom stereocenters. The first-order chi connectivity index (χ1) is 10.1. The summed E-state index contributed by atoms with van der Waals surface area (Å²) in [5.41, 5.74) is 2.75. The van der Waals surface area contributed by atoms with Gasteiger partial charge < -0.3 is 10.2 Å². The number of benzene rings is 2. The van der Waals surface area contributed by atoms with Crippen LogP contribution in [0, 0.1) is 0 Å². The van der Waals surface area contributed by atoms with Crippen LogP contribution in [0.5, 0.6) is 0 Å². The Kier molecular flexibility index (Phi) is 4.05. The van der Waals surface area contributed by atoms with Crippen molar-refractivity contribution in [2.75, 3.05) is 18.0 Å². The Hall–Kier alpha value is -1.32. The molecule has 21 heavy (non-hydrogen) atoms. The Morgan fingerprint density at radius 2 is 1.86 bits per heavy atom. The summed E-state index contributed by atoms with van der Waals surface area (Å²) in [5, 5.41) is 3.67. The third kappa shape index (κ3) is 3.30. The summed E-state index contributed by atoms with van der Waals surface area (Å²) in [5.74, 6) is 0. The maximum absolute atomic E-state index is 3.67. The predicted molar refractivity (Wildman–Crippen MR) is 92.8 cm³/mol. The molecule has 110 valence electrons. The lowest BCUT2D eigenvalue weighted by atomic mass is 9.94. The van der Waals surface area contributed by atoms with Crippen LogP contribution in [0.3, 0.4) is 0 Å². The highest BCUT2D eigenvalue weighted by atomic mass is 79.9. The molecule has 2 nitrogen and oxygen atoms in total. The molecule has 1 aliphatic rings. The van der Waals surface area contributed by atoms with Crippen LogP contribution in [0.1, 0.15) is 25.5 Å². The van der Waals surface area contributed by atoms with E-state index >= 15 is 0 Å². The van der Waals surface area contributed by atoms with Gasteiger partial charge in [-0.2, -0.15) is 0 Å². The summed E-state index contributed by atoms with van der Waals surface area (Å²) in [6, 6.07) is 19.7. The van der Waals surface area contributed by atoms with E-state index < -0.39 is 0 Å². The van der Waals surface area contributed by atoms with Crippen LogP contribution in [0.15, 0.2) is 59.1 Å². The van der Waals surface area contributed by atoms with Gasteiger partial charge in [-0.1, -0.05) is 52.3 Å². The summed E-state index contributed by atoms with van der Waals surface area (Å²) in [6.45, 7) is 6.48. The van der Waals surface area contributed by atoms with E-state index in [1.807, 2.05) is 0 Å². The van der Waals surface area contributed by atoms with Crippen molar-refractivity contribution >= 4 is 21.6 Å². The van der Waals surface area contributed by atoms with Crippen molar-refractivity contribution in [2.24, 2.45) is 0 Å². The maximum Gasteiger partial charge on any atom is 0.0668 e. The molecule has 1 heterocycles. The molecule has 3 rings (SSSR count). The minimum atomic E-state index is 0.119. The number of anilines is 1. The van der Waals surface area contributed by atoms with E-state index in [1.165, 1.54) is 11.3 Å². The van der Waals surface area contributed by atoms with Crippen LogP contribution in [0.2, 0.25) is 0 Å². The molecule has 0 bridgehead atoms. The fourth-order valence-electron chi connectivity index (χ4n) is 2.97. The second-order valence-electron chi connectivity index (χ2n) is 6.30. The van der Waals surface area contributed by atoms with Gasteiger partial charge in [0.15, 0.2) is 0 Å². The second-order valence-corrected chi connectivity index (χ2v) is 7.21. The lowest BCUT2D eigenvalue weighted by Crippen LogP contribution is -2.58. The Balaban J connectivity index is 1.98. The average Bonchev–Trinajstić information content (AvgIpc) is 2.47. The van der Waals surface area contributed by atoms with Crippen LogP contribution >= 0.6 is 15.9 Å². The number of rotatable bonds is 2. The normalized spacial score (nSPS) is 21.3. The largest absolute Gasteiger partial charge is 0.361 e. The monoisotopic (exact) mass is 344 g/mol. The van der Waals surface area contributed by atoms with Gasteiger partial charge in [-0.05, 0) is 37.6 Å². The summed E-state index contributed by atoms with van der Waals surface area (Å²) in [6.07, 6.45) is 0. The fourth-order valence-corrected chi connectivity index (χ4v) is 3.36. The van der Waals surface area contributed by atoms with Crippen LogP contribution in [0.4, 0.5) is 5.69 Å².